The van der Waals surface area contributed by atoms with Gasteiger partial charge in [-0.15, -0.1) is 0 Å². The second kappa shape index (κ2) is 6.43. The molecule has 0 radical (unpaired) electrons. The molecule has 0 heterocycles. The summed E-state index contributed by atoms with van der Waals surface area (Å²) < 4.78 is 0. The molecule has 0 spiro atoms. The summed E-state index contributed by atoms with van der Waals surface area (Å²) in [7, 11) is 0. The zero-order chi connectivity index (χ0) is 11.1. The van der Waals surface area contributed by atoms with E-state index in [-0.39, 0.29) is 17.7 Å². The van der Waals surface area contributed by atoms with E-state index in [0.29, 0.717) is 19.5 Å². The number of rotatable bonds is 7. The smallest absolute Gasteiger partial charge is 0.223 e. The maximum atomic E-state index is 11.2. The van der Waals surface area contributed by atoms with E-state index in [2.05, 4.69) is 17.6 Å². The van der Waals surface area contributed by atoms with Crippen molar-refractivity contribution in [2.45, 2.75) is 39.0 Å². The van der Waals surface area contributed by atoms with Gasteiger partial charge in [0, 0.05) is 25.4 Å². The van der Waals surface area contributed by atoms with Gasteiger partial charge < -0.3 is 10.6 Å². The van der Waals surface area contributed by atoms with Crippen LogP contribution in [0.2, 0.25) is 0 Å². The van der Waals surface area contributed by atoms with Gasteiger partial charge in [-0.05, 0) is 19.3 Å². The van der Waals surface area contributed by atoms with Crippen molar-refractivity contribution in [3.05, 3.63) is 0 Å². The standard InChI is InChI=1S/C11H20N2O2/c1-2-3-4-10(14)12-7-8-13-11(15)9-5-6-9/h9H,2-8H2,1H3,(H,12,14)(H,13,15). The third-order valence-corrected chi connectivity index (χ3v) is 2.45. The van der Waals surface area contributed by atoms with E-state index in [1.54, 1.807) is 0 Å². The van der Waals surface area contributed by atoms with Crippen LogP contribution in [0.25, 0.3) is 0 Å². The van der Waals surface area contributed by atoms with Gasteiger partial charge in [-0.3, -0.25) is 9.59 Å². The minimum atomic E-state index is 0.0810. The van der Waals surface area contributed by atoms with E-state index in [0.717, 1.165) is 25.7 Å². The van der Waals surface area contributed by atoms with Crippen LogP contribution < -0.4 is 10.6 Å². The number of amides is 2. The fourth-order valence-electron chi connectivity index (χ4n) is 1.30. The molecule has 0 aromatic heterocycles. The summed E-state index contributed by atoms with van der Waals surface area (Å²) in [4.78, 5) is 22.4. The minimum Gasteiger partial charge on any atom is -0.354 e. The summed E-state index contributed by atoms with van der Waals surface area (Å²) in [6.45, 7) is 3.15. The lowest BCUT2D eigenvalue weighted by molar-refractivity contribution is -0.123. The van der Waals surface area contributed by atoms with Crippen LogP contribution >= 0.6 is 0 Å². The Morgan fingerprint density at radius 1 is 1.20 bits per heavy atom. The summed E-state index contributed by atoms with van der Waals surface area (Å²) >= 11 is 0. The largest absolute Gasteiger partial charge is 0.354 e. The van der Waals surface area contributed by atoms with Crippen LogP contribution in [0, 0.1) is 5.92 Å². The van der Waals surface area contributed by atoms with E-state index < -0.39 is 0 Å². The first-order valence-corrected chi connectivity index (χ1v) is 5.78. The van der Waals surface area contributed by atoms with Crippen molar-refractivity contribution in [1.29, 1.82) is 0 Å². The molecule has 0 aromatic carbocycles. The van der Waals surface area contributed by atoms with Gasteiger partial charge in [0.05, 0.1) is 0 Å². The Labute approximate surface area is 90.8 Å². The van der Waals surface area contributed by atoms with Gasteiger partial charge in [0.15, 0.2) is 0 Å². The van der Waals surface area contributed by atoms with Crippen LogP contribution in [0.5, 0.6) is 0 Å². The molecule has 1 saturated carbocycles. The predicted octanol–water partition coefficient (Wildman–Crippen LogP) is 0.819. The number of hydrogen-bond donors (Lipinski definition) is 2. The molecule has 4 heteroatoms. The summed E-state index contributed by atoms with van der Waals surface area (Å²) in [5.74, 6) is 0.469. The van der Waals surface area contributed by atoms with Crippen LogP contribution in [-0.4, -0.2) is 24.9 Å². The lowest BCUT2D eigenvalue weighted by Gasteiger charge is -2.06. The van der Waals surface area contributed by atoms with Crippen LogP contribution in [-0.2, 0) is 9.59 Å². The lowest BCUT2D eigenvalue weighted by atomic mass is 10.2. The lowest BCUT2D eigenvalue weighted by Crippen LogP contribution is -2.35. The maximum absolute atomic E-state index is 11.2. The number of nitrogens with one attached hydrogen (secondary N) is 2. The van der Waals surface area contributed by atoms with Crippen LogP contribution in [0.1, 0.15) is 39.0 Å². The number of carbonyl (C=O) groups is 2. The van der Waals surface area contributed by atoms with Crippen molar-refractivity contribution < 1.29 is 9.59 Å². The molecule has 0 saturated heterocycles. The molecule has 1 aliphatic carbocycles. The fourth-order valence-corrected chi connectivity index (χ4v) is 1.30. The highest BCUT2D eigenvalue weighted by Gasteiger charge is 2.28. The van der Waals surface area contributed by atoms with Gasteiger partial charge in [0.25, 0.3) is 0 Å². The van der Waals surface area contributed by atoms with Crippen LogP contribution in [0.3, 0.4) is 0 Å². The van der Waals surface area contributed by atoms with E-state index in [9.17, 15) is 9.59 Å². The molecule has 0 unspecified atom stereocenters. The molecule has 2 N–H and O–H groups in total. The molecule has 86 valence electrons. The average Bonchev–Trinajstić information content (AvgIpc) is 3.04. The molecule has 1 aliphatic rings. The van der Waals surface area contributed by atoms with Crippen molar-refractivity contribution in [2.75, 3.05) is 13.1 Å². The summed E-state index contributed by atoms with van der Waals surface area (Å²) in [6.07, 6.45) is 4.60. The van der Waals surface area contributed by atoms with E-state index in [1.807, 2.05) is 0 Å². The van der Waals surface area contributed by atoms with Crippen LogP contribution in [0.15, 0.2) is 0 Å². The Hall–Kier alpha value is -1.06. The Balaban J connectivity index is 1.91. The van der Waals surface area contributed by atoms with Crippen LogP contribution in [0.4, 0.5) is 0 Å². The molecule has 1 fully saturated rings. The van der Waals surface area contributed by atoms with E-state index in [1.165, 1.54) is 0 Å². The molecule has 0 bridgehead atoms. The quantitative estimate of drug-likeness (QED) is 0.614. The SMILES string of the molecule is CCCCC(=O)NCCNC(=O)C1CC1. The highest BCUT2D eigenvalue weighted by atomic mass is 16.2. The number of carbonyl (C=O) groups excluding carboxylic acids is 2. The molecule has 15 heavy (non-hydrogen) atoms. The third kappa shape index (κ3) is 5.40. The van der Waals surface area contributed by atoms with Crippen molar-refractivity contribution >= 4 is 11.8 Å². The van der Waals surface area contributed by atoms with Crippen molar-refractivity contribution in [3.8, 4) is 0 Å². The summed E-state index contributed by atoms with van der Waals surface area (Å²) in [5, 5.41) is 5.58. The first-order chi connectivity index (χ1) is 7.24. The van der Waals surface area contributed by atoms with E-state index in [4.69, 9.17) is 0 Å². The van der Waals surface area contributed by atoms with Crippen molar-refractivity contribution in [2.24, 2.45) is 5.92 Å². The van der Waals surface area contributed by atoms with Gasteiger partial charge in [-0.2, -0.15) is 0 Å². The topological polar surface area (TPSA) is 58.2 Å². The summed E-state index contributed by atoms with van der Waals surface area (Å²) in [5.41, 5.74) is 0. The normalized spacial score (nSPS) is 14.7. The predicted molar refractivity (Wildman–Crippen MR) is 58.3 cm³/mol. The fraction of sp³-hybridized carbons (Fsp3) is 0.818. The van der Waals surface area contributed by atoms with Gasteiger partial charge in [-0.25, -0.2) is 0 Å². The highest BCUT2D eigenvalue weighted by Crippen LogP contribution is 2.28. The van der Waals surface area contributed by atoms with Crippen molar-refractivity contribution in [3.63, 3.8) is 0 Å². The molecule has 0 aliphatic heterocycles. The van der Waals surface area contributed by atoms with Gasteiger partial charge >= 0.3 is 0 Å². The number of unbranched alkanes of at least 4 members (excludes halogenated alkanes) is 1. The molecular weight excluding hydrogens is 192 g/mol. The third-order valence-electron chi connectivity index (χ3n) is 2.45. The second-order valence-corrected chi connectivity index (χ2v) is 4.02. The molecule has 4 nitrogen and oxygen atoms in total. The van der Waals surface area contributed by atoms with Gasteiger partial charge in [0.1, 0.15) is 0 Å². The Morgan fingerprint density at radius 2 is 1.87 bits per heavy atom. The maximum Gasteiger partial charge on any atom is 0.223 e. The molecule has 0 atom stereocenters. The average molecular weight is 212 g/mol. The van der Waals surface area contributed by atoms with Gasteiger partial charge in [-0.1, -0.05) is 13.3 Å². The molecule has 1 rings (SSSR count). The highest BCUT2D eigenvalue weighted by molar-refractivity contribution is 5.81. The molecular formula is C11H20N2O2. The Bertz CT molecular complexity index is 225. The first kappa shape index (κ1) is 12.0. The monoisotopic (exact) mass is 212 g/mol. The zero-order valence-electron chi connectivity index (χ0n) is 9.34. The Kier molecular flexibility index (Phi) is 5.15. The second-order valence-electron chi connectivity index (χ2n) is 4.02. The van der Waals surface area contributed by atoms with Gasteiger partial charge in [0.2, 0.25) is 11.8 Å². The Morgan fingerprint density at radius 3 is 2.47 bits per heavy atom. The molecule has 2 amide bonds. The van der Waals surface area contributed by atoms with Crippen molar-refractivity contribution in [1.82, 2.24) is 10.6 Å². The first-order valence-electron chi connectivity index (χ1n) is 5.78. The number of hydrogen-bond acceptors (Lipinski definition) is 2. The summed E-state index contributed by atoms with van der Waals surface area (Å²) in [6, 6.07) is 0. The zero-order valence-corrected chi connectivity index (χ0v) is 9.34. The minimum absolute atomic E-state index is 0.0810. The molecule has 0 aromatic rings. The van der Waals surface area contributed by atoms with E-state index >= 15 is 0 Å².